The molecule has 0 saturated carbocycles. The van der Waals surface area contributed by atoms with Crippen molar-refractivity contribution >= 4 is 31.6 Å². The van der Waals surface area contributed by atoms with Gasteiger partial charge >= 0.3 is 6.18 Å². The maximum absolute atomic E-state index is 13.4. The quantitative estimate of drug-likeness (QED) is 0.355. The van der Waals surface area contributed by atoms with Crippen molar-refractivity contribution < 1.29 is 17.7 Å². The molecule has 0 aliphatic heterocycles. The van der Waals surface area contributed by atoms with Gasteiger partial charge in [-0.1, -0.05) is 38.1 Å². The van der Waals surface area contributed by atoms with Gasteiger partial charge in [0.2, 0.25) is 5.52 Å². The summed E-state index contributed by atoms with van der Waals surface area (Å²) in [6, 6.07) is 13.7. The SMILES string of the molecule is Cc1ccc(CC(C)(C)C(F)(F)F)cc1-c1c2sc3ccccc3c2nc[n+]1C. The fourth-order valence-corrected chi connectivity index (χ4v) is 4.89. The fourth-order valence-electron chi connectivity index (χ4n) is 3.64. The predicted octanol–water partition coefficient (Wildman–Crippen LogP) is 6.38. The first-order valence-corrected chi connectivity index (χ1v) is 10.2. The molecule has 4 rings (SSSR count). The number of benzene rings is 2. The zero-order chi connectivity index (χ0) is 21.0. The van der Waals surface area contributed by atoms with Gasteiger partial charge in [0.05, 0.1) is 12.5 Å². The summed E-state index contributed by atoms with van der Waals surface area (Å²) in [5.41, 5.74) is 2.78. The second-order valence-electron chi connectivity index (χ2n) is 8.19. The van der Waals surface area contributed by atoms with E-state index in [4.69, 9.17) is 0 Å². The van der Waals surface area contributed by atoms with Crippen molar-refractivity contribution in [3.05, 3.63) is 59.9 Å². The predicted molar refractivity (Wildman–Crippen MR) is 112 cm³/mol. The van der Waals surface area contributed by atoms with Crippen LogP contribution in [0.5, 0.6) is 0 Å². The lowest BCUT2D eigenvalue weighted by atomic mass is 9.84. The summed E-state index contributed by atoms with van der Waals surface area (Å²) in [5.74, 6) is 0. The number of thiophene rings is 1. The van der Waals surface area contributed by atoms with Crippen LogP contribution in [0, 0.1) is 12.3 Å². The molecule has 0 bridgehead atoms. The molecule has 0 fully saturated rings. The number of aryl methyl sites for hydroxylation is 2. The zero-order valence-corrected chi connectivity index (χ0v) is 17.6. The third-order valence-electron chi connectivity index (χ3n) is 5.47. The minimum absolute atomic E-state index is 0.0614. The first-order valence-electron chi connectivity index (χ1n) is 9.41. The lowest BCUT2D eigenvalue weighted by Gasteiger charge is -2.28. The molecule has 4 aromatic rings. The molecule has 0 atom stereocenters. The summed E-state index contributed by atoms with van der Waals surface area (Å²) in [6.45, 7) is 4.50. The van der Waals surface area contributed by atoms with Gasteiger partial charge in [-0.2, -0.15) is 13.2 Å². The summed E-state index contributed by atoms with van der Waals surface area (Å²) in [7, 11) is 1.93. The van der Waals surface area contributed by atoms with Crippen molar-refractivity contribution in [2.24, 2.45) is 12.5 Å². The molecule has 2 heterocycles. The molecule has 29 heavy (non-hydrogen) atoms. The van der Waals surface area contributed by atoms with Crippen molar-refractivity contribution in [2.45, 2.75) is 33.4 Å². The molecule has 0 radical (unpaired) electrons. The van der Waals surface area contributed by atoms with Gasteiger partial charge in [0.1, 0.15) is 4.70 Å². The van der Waals surface area contributed by atoms with E-state index in [1.54, 1.807) is 23.7 Å². The van der Waals surface area contributed by atoms with E-state index in [-0.39, 0.29) is 6.42 Å². The minimum atomic E-state index is -4.25. The Kier molecular flexibility index (Phi) is 4.65. The Bertz CT molecular complexity index is 1220. The summed E-state index contributed by atoms with van der Waals surface area (Å²) in [6.07, 6.45) is -2.53. The number of rotatable bonds is 3. The van der Waals surface area contributed by atoms with Gasteiger partial charge in [-0.25, -0.2) is 4.57 Å². The summed E-state index contributed by atoms with van der Waals surface area (Å²) < 4.78 is 44.4. The number of aromatic nitrogens is 2. The largest absolute Gasteiger partial charge is 0.394 e. The third kappa shape index (κ3) is 3.39. The monoisotopic (exact) mass is 415 g/mol. The Labute approximate surface area is 171 Å². The van der Waals surface area contributed by atoms with Gasteiger partial charge in [0, 0.05) is 15.6 Å². The standard InChI is InChI=1S/C23H22F3N2S/c1-14-9-10-15(12-22(2,3)23(24,25)26)11-17(14)20-21-19(27-13-28(20)4)16-7-5-6-8-18(16)29-21/h5-11,13H,12H2,1-4H3/q+1. The second kappa shape index (κ2) is 6.80. The number of hydrogen-bond donors (Lipinski definition) is 0. The number of nitrogens with zero attached hydrogens (tertiary/aromatic N) is 2. The highest BCUT2D eigenvalue weighted by molar-refractivity contribution is 7.26. The zero-order valence-electron chi connectivity index (χ0n) is 16.8. The van der Waals surface area contributed by atoms with E-state index in [1.165, 1.54) is 13.8 Å². The van der Waals surface area contributed by atoms with E-state index < -0.39 is 11.6 Å². The normalized spacial score (nSPS) is 12.8. The number of halogens is 3. The van der Waals surface area contributed by atoms with Crippen LogP contribution in [0.3, 0.4) is 0 Å². The Hall–Kier alpha value is -2.47. The molecule has 0 unspecified atom stereocenters. The maximum Gasteiger partial charge on any atom is 0.394 e. The molecule has 2 aromatic heterocycles. The smallest absolute Gasteiger partial charge is 0.231 e. The number of alkyl halides is 3. The highest BCUT2D eigenvalue weighted by Gasteiger charge is 2.47. The van der Waals surface area contributed by atoms with Crippen LogP contribution in [0.4, 0.5) is 13.2 Å². The molecule has 6 heteroatoms. The van der Waals surface area contributed by atoms with Gasteiger partial charge in [-0.05, 0) is 47.7 Å². The maximum atomic E-state index is 13.4. The van der Waals surface area contributed by atoms with Crippen molar-refractivity contribution in [3.8, 4) is 11.3 Å². The Balaban J connectivity index is 1.91. The van der Waals surface area contributed by atoms with Crippen molar-refractivity contribution in [1.82, 2.24) is 4.98 Å². The molecular formula is C23H22F3N2S+. The van der Waals surface area contributed by atoms with Gasteiger partial charge in [-0.3, -0.25) is 0 Å². The Morgan fingerprint density at radius 2 is 1.79 bits per heavy atom. The van der Waals surface area contributed by atoms with E-state index >= 15 is 0 Å². The molecule has 150 valence electrons. The lowest BCUT2D eigenvalue weighted by molar-refractivity contribution is -0.662. The van der Waals surface area contributed by atoms with Crippen LogP contribution < -0.4 is 4.57 Å². The van der Waals surface area contributed by atoms with Crippen LogP contribution in [0.15, 0.2) is 48.8 Å². The lowest BCUT2D eigenvalue weighted by Crippen LogP contribution is -2.34. The van der Waals surface area contributed by atoms with Gasteiger partial charge < -0.3 is 0 Å². The van der Waals surface area contributed by atoms with Crippen molar-refractivity contribution in [2.75, 3.05) is 0 Å². The Morgan fingerprint density at radius 1 is 1.07 bits per heavy atom. The van der Waals surface area contributed by atoms with Gasteiger partial charge in [0.25, 0.3) is 6.33 Å². The molecule has 0 N–H and O–H groups in total. The Morgan fingerprint density at radius 3 is 2.52 bits per heavy atom. The third-order valence-corrected chi connectivity index (χ3v) is 6.63. The van der Waals surface area contributed by atoms with E-state index in [0.717, 1.165) is 37.1 Å². The van der Waals surface area contributed by atoms with Crippen LogP contribution in [-0.2, 0) is 13.5 Å². The van der Waals surface area contributed by atoms with Gasteiger partial charge in [0.15, 0.2) is 5.69 Å². The second-order valence-corrected chi connectivity index (χ2v) is 9.24. The minimum Gasteiger partial charge on any atom is -0.231 e. The van der Waals surface area contributed by atoms with Crippen LogP contribution in [-0.4, -0.2) is 11.2 Å². The summed E-state index contributed by atoms with van der Waals surface area (Å²) >= 11 is 1.67. The molecule has 0 aliphatic rings. The molecule has 0 aliphatic carbocycles. The van der Waals surface area contributed by atoms with E-state index in [2.05, 4.69) is 17.1 Å². The molecular weight excluding hydrogens is 393 g/mol. The van der Waals surface area contributed by atoms with Crippen LogP contribution in [0.25, 0.3) is 31.6 Å². The van der Waals surface area contributed by atoms with Crippen LogP contribution >= 0.6 is 11.3 Å². The van der Waals surface area contributed by atoms with E-state index in [1.807, 2.05) is 42.8 Å². The summed E-state index contributed by atoms with van der Waals surface area (Å²) in [5, 5.41) is 1.10. The molecule has 0 spiro atoms. The molecule has 0 amide bonds. The van der Waals surface area contributed by atoms with Crippen molar-refractivity contribution in [1.29, 1.82) is 0 Å². The number of hydrogen-bond acceptors (Lipinski definition) is 2. The van der Waals surface area contributed by atoms with Crippen molar-refractivity contribution in [3.63, 3.8) is 0 Å². The first kappa shape index (κ1) is 19.8. The average molecular weight is 416 g/mol. The highest BCUT2D eigenvalue weighted by atomic mass is 32.1. The average Bonchev–Trinajstić information content (AvgIpc) is 3.01. The van der Waals surface area contributed by atoms with Crippen LogP contribution in [0.1, 0.15) is 25.0 Å². The number of fused-ring (bicyclic) bond motifs is 3. The topological polar surface area (TPSA) is 16.8 Å². The molecule has 2 aromatic carbocycles. The first-order chi connectivity index (χ1) is 13.6. The van der Waals surface area contributed by atoms with Crippen LogP contribution in [0.2, 0.25) is 0 Å². The fraction of sp³-hybridized carbons (Fsp3) is 0.304. The van der Waals surface area contributed by atoms with E-state index in [9.17, 15) is 13.2 Å². The molecule has 2 nitrogen and oxygen atoms in total. The summed E-state index contributed by atoms with van der Waals surface area (Å²) in [4.78, 5) is 4.62. The molecule has 0 saturated heterocycles. The van der Waals surface area contributed by atoms with E-state index in [0.29, 0.717) is 5.56 Å². The highest BCUT2D eigenvalue weighted by Crippen LogP contribution is 2.42. The van der Waals surface area contributed by atoms with Gasteiger partial charge in [-0.15, -0.1) is 11.3 Å².